The van der Waals surface area contributed by atoms with E-state index in [0.29, 0.717) is 0 Å². The van der Waals surface area contributed by atoms with Crippen LogP contribution < -0.4 is 5.32 Å². The molecular formula is C16H22N2O. The maximum absolute atomic E-state index is 5.61. The minimum Gasteiger partial charge on any atom is -0.466 e. The van der Waals surface area contributed by atoms with Crippen molar-refractivity contribution in [3.8, 4) is 0 Å². The summed E-state index contributed by atoms with van der Waals surface area (Å²) in [7, 11) is 1.98. The van der Waals surface area contributed by atoms with E-state index in [2.05, 4.69) is 35.4 Å². The Morgan fingerprint density at radius 2 is 2.11 bits per heavy atom. The molecule has 19 heavy (non-hydrogen) atoms. The van der Waals surface area contributed by atoms with Crippen molar-refractivity contribution in [1.29, 1.82) is 0 Å². The molecule has 0 amide bonds. The predicted molar refractivity (Wildman–Crippen MR) is 77.3 cm³/mol. The molecule has 0 saturated carbocycles. The van der Waals surface area contributed by atoms with Crippen LogP contribution in [0.1, 0.15) is 41.3 Å². The highest BCUT2D eigenvalue weighted by Gasteiger charge is 2.16. The molecule has 102 valence electrons. The van der Waals surface area contributed by atoms with Crippen molar-refractivity contribution >= 4 is 0 Å². The molecule has 0 spiro atoms. The van der Waals surface area contributed by atoms with Crippen LogP contribution in [-0.4, -0.2) is 12.0 Å². The number of nitrogens with one attached hydrogen (secondary N) is 1. The first-order valence-electron chi connectivity index (χ1n) is 6.82. The summed E-state index contributed by atoms with van der Waals surface area (Å²) in [6.07, 6.45) is 3.87. The van der Waals surface area contributed by atoms with Crippen LogP contribution in [0.4, 0.5) is 0 Å². The summed E-state index contributed by atoms with van der Waals surface area (Å²) in [5.74, 6) is 1.95. The third-order valence-corrected chi connectivity index (χ3v) is 3.51. The van der Waals surface area contributed by atoms with Crippen molar-refractivity contribution in [3.63, 3.8) is 0 Å². The van der Waals surface area contributed by atoms with Crippen LogP contribution in [0, 0.1) is 13.8 Å². The van der Waals surface area contributed by atoms with Gasteiger partial charge in [0, 0.05) is 29.9 Å². The zero-order chi connectivity index (χ0) is 13.8. The number of rotatable bonds is 5. The van der Waals surface area contributed by atoms with E-state index < -0.39 is 0 Å². The quantitative estimate of drug-likeness (QED) is 0.893. The number of hydrogen-bond acceptors (Lipinski definition) is 3. The summed E-state index contributed by atoms with van der Waals surface area (Å²) >= 11 is 0. The maximum Gasteiger partial charge on any atom is 0.105 e. The smallest absolute Gasteiger partial charge is 0.105 e. The van der Waals surface area contributed by atoms with E-state index in [0.717, 1.165) is 30.1 Å². The number of hydrogen-bond donors (Lipinski definition) is 1. The molecule has 0 aliphatic carbocycles. The Morgan fingerprint density at radius 3 is 2.58 bits per heavy atom. The Hall–Kier alpha value is -1.61. The van der Waals surface area contributed by atoms with Crippen LogP contribution in [0.25, 0.3) is 0 Å². The largest absolute Gasteiger partial charge is 0.466 e. The van der Waals surface area contributed by atoms with Gasteiger partial charge in [-0.05, 0) is 45.0 Å². The number of aromatic nitrogens is 1. The van der Waals surface area contributed by atoms with Crippen molar-refractivity contribution in [3.05, 3.63) is 52.7 Å². The molecule has 3 nitrogen and oxygen atoms in total. The first-order chi connectivity index (χ1) is 9.13. The van der Waals surface area contributed by atoms with Gasteiger partial charge in [0.2, 0.25) is 0 Å². The molecule has 0 aliphatic heterocycles. The lowest BCUT2D eigenvalue weighted by atomic mass is 10.0. The molecule has 2 heterocycles. The summed E-state index contributed by atoms with van der Waals surface area (Å²) in [5.41, 5.74) is 3.61. The second kappa shape index (κ2) is 6.02. The van der Waals surface area contributed by atoms with E-state index in [1.807, 2.05) is 27.1 Å². The van der Waals surface area contributed by atoms with Gasteiger partial charge in [-0.15, -0.1) is 0 Å². The number of nitrogens with zero attached hydrogens (tertiary/aromatic N) is 1. The van der Waals surface area contributed by atoms with Crippen LogP contribution in [0.2, 0.25) is 0 Å². The van der Waals surface area contributed by atoms with Crippen molar-refractivity contribution < 1.29 is 4.42 Å². The molecular weight excluding hydrogens is 236 g/mol. The van der Waals surface area contributed by atoms with Crippen LogP contribution in [0.15, 0.2) is 28.8 Å². The van der Waals surface area contributed by atoms with Gasteiger partial charge in [0.15, 0.2) is 0 Å². The molecule has 0 fully saturated rings. The molecule has 3 heteroatoms. The lowest BCUT2D eigenvalue weighted by Crippen LogP contribution is -2.19. The summed E-state index contributed by atoms with van der Waals surface area (Å²) < 4.78 is 5.61. The molecule has 2 rings (SSSR count). The van der Waals surface area contributed by atoms with Gasteiger partial charge in [-0.1, -0.05) is 13.0 Å². The third kappa shape index (κ3) is 3.24. The molecule has 1 unspecified atom stereocenters. The van der Waals surface area contributed by atoms with Crippen molar-refractivity contribution in [2.75, 3.05) is 7.05 Å². The maximum atomic E-state index is 5.61. The Labute approximate surface area is 115 Å². The average molecular weight is 258 g/mol. The van der Waals surface area contributed by atoms with Gasteiger partial charge in [0.25, 0.3) is 0 Å². The third-order valence-electron chi connectivity index (χ3n) is 3.51. The zero-order valence-electron chi connectivity index (χ0n) is 12.2. The minimum atomic E-state index is 0.248. The fraction of sp³-hybridized carbons (Fsp3) is 0.438. The number of furan rings is 1. The minimum absolute atomic E-state index is 0.248. The molecule has 2 aromatic heterocycles. The van der Waals surface area contributed by atoms with E-state index in [1.54, 1.807) is 0 Å². The Balaban J connectivity index is 2.16. The molecule has 2 aromatic rings. The molecule has 0 radical (unpaired) electrons. The van der Waals surface area contributed by atoms with E-state index in [9.17, 15) is 0 Å². The summed E-state index contributed by atoms with van der Waals surface area (Å²) in [6.45, 7) is 6.14. The number of likely N-dealkylation sites (N-methyl/N-ethyl adjacent to an activating group) is 1. The lowest BCUT2D eigenvalue weighted by Gasteiger charge is -2.15. The second-order valence-electron chi connectivity index (χ2n) is 4.93. The fourth-order valence-electron chi connectivity index (χ4n) is 2.36. The van der Waals surface area contributed by atoms with E-state index in [4.69, 9.17) is 4.42 Å². The fourth-order valence-corrected chi connectivity index (χ4v) is 2.36. The van der Waals surface area contributed by atoms with Gasteiger partial charge in [0.1, 0.15) is 11.5 Å². The van der Waals surface area contributed by atoms with Gasteiger partial charge in [-0.3, -0.25) is 4.98 Å². The molecule has 1 N–H and O–H groups in total. The highest BCUT2D eigenvalue weighted by Crippen LogP contribution is 2.24. The first kappa shape index (κ1) is 13.8. The number of aryl methyl sites for hydroxylation is 3. The highest BCUT2D eigenvalue weighted by molar-refractivity contribution is 5.26. The van der Waals surface area contributed by atoms with Crippen LogP contribution >= 0.6 is 0 Å². The molecule has 1 atom stereocenters. The van der Waals surface area contributed by atoms with Gasteiger partial charge < -0.3 is 9.73 Å². The zero-order valence-corrected chi connectivity index (χ0v) is 12.2. The summed E-state index contributed by atoms with van der Waals surface area (Å²) in [4.78, 5) is 4.53. The van der Waals surface area contributed by atoms with Gasteiger partial charge in [-0.2, -0.15) is 0 Å². The summed E-state index contributed by atoms with van der Waals surface area (Å²) in [5, 5.41) is 3.35. The van der Waals surface area contributed by atoms with Gasteiger partial charge in [0.05, 0.1) is 0 Å². The standard InChI is InChI=1S/C16H22N2O/c1-5-13-6-7-14(18-10-13)9-16(17-4)15-8-11(2)19-12(15)3/h6-8,10,16-17H,5,9H2,1-4H3. The lowest BCUT2D eigenvalue weighted by molar-refractivity contribution is 0.489. The van der Waals surface area contributed by atoms with E-state index in [-0.39, 0.29) is 6.04 Å². The SMILES string of the molecule is CCc1ccc(CC(NC)c2cc(C)oc2C)nc1. The molecule has 0 bridgehead atoms. The monoisotopic (exact) mass is 258 g/mol. The predicted octanol–water partition coefficient (Wildman–Crippen LogP) is 3.36. The van der Waals surface area contributed by atoms with Crippen molar-refractivity contribution in [1.82, 2.24) is 10.3 Å². The average Bonchev–Trinajstić information content (AvgIpc) is 2.75. The molecule has 0 aromatic carbocycles. The topological polar surface area (TPSA) is 38.1 Å². The first-order valence-corrected chi connectivity index (χ1v) is 6.82. The van der Waals surface area contributed by atoms with Crippen LogP contribution in [0.3, 0.4) is 0 Å². The normalized spacial score (nSPS) is 12.6. The Morgan fingerprint density at radius 1 is 1.32 bits per heavy atom. The summed E-state index contributed by atoms with van der Waals surface area (Å²) in [6, 6.07) is 6.63. The molecule has 0 aliphatic rings. The molecule has 0 saturated heterocycles. The number of pyridine rings is 1. The van der Waals surface area contributed by atoms with Crippen LogP contribution in [0.5, 0.6) is 0 Å². The highest BCUT2D eigenvalue weighted by atomic mass is 16.3. The van der Waals surface area contributed by atoms with Gasteiger partial charge in [-0.25, -0.2) is 0 Å². The Bertz CT molecular complexity index is 528. The van der Waals surface area contributed by atoms with Crippen molar-refractivity contribution in [2.45, 2.75) is 39.7 Å². The second-order valence-corrected chi connectivity index (χ2v) is 4.93. The van der Waals surface area contributed by atoms with Gasteiger partial charge >= 0.3 is 0 Å². The van der Waals surface area contributed by atoms with Crippen molar-refractivity contribution in [2.24, 2.45) is 0 Å². The Kier molecular flexibility index (Phi) is 4.38. The van der Waals surface area contributed by atoms with E-state index >= 15 is 0 Å². The van der Waals surface area contributed by atoms with E-state index in [1.165, 1.54) is 11.1 Å². The van der Waals surface area contributed by atoms with Crippen LogP contribution in [-0.2, 0) is 12.8 Å².